The lowest BCUT2D eigenvalue weighted by Gasteiger charge is -2.15. The standard InChI is InChI=1S/C75H45N9/c1-2-21-46(22-3-1)79-60-33-12-9-30-54(60)57-41-42-58-55-31-10-14-35-62(55)81(72(58)71(57)79)48-24-20-23-47(45-48)80-61-34-13-8-29-53(61)56-43-44-68-69(70(56)80)59-32-11-19-40-67(59)84(68)75-77-73(82-63-36-15-4-25-49(63)50-26-5-16-37-64(50)82)76-74(78-75)83-65-38-17-6-27-51(65)52-28-7-18-39-66(52)83/h1-45H. The van der Waals surface area contributed by atoms with E-state index in [2.05, 4.69) is 300 Å². The number of hydrogen-bond donors (Lipinski definition) is 0. The number of nitrogens with zero attached hydrogens (tertiary/aromatic N) is 9. The fraction of sp³-hybridized carbons (Fsp3) is 0. The highest BCUT2D eigenvalue weighted by atomic mass is 15.3. The Morgan fingerprint density at radius 1 is 0.179 bits per heavy atom. The zero-order valence-electron chi connectivity index (χ0n) is 45.0. The number of para-hydroxylation sites is 9. The normalized spacial score (nSPS) is 12.3. The average Bonchev–Trinajstić information content (AvgIpc) is 4.47. The number of benzene rings is 12. The molecule has 0 saturated heterocycles. The number of hydrogen-bond acceptors (Lipinski definition) is 3. The van der Waals surface area contributed by atoms with Gasteiger partial charge in [0, 0.05) is 81.7 Å². The van der Waals surface area contributed by atoms with Gasteiger partial charge in [0.05, 0.1) is 66.2 Å². The van der Waals surface area contributed by atoms with Crippen molar-refractivity contribution in [1.82, 2.24) is 42.4 Å². The van der Waals surface area contributed by atoms with Crippen molar-refractivity contribution in [1.29, 1.82) is 0 Å². The van der Waals surface area contributed by atoms with Crippen LogP contribution in [0.3, 0.4) is 0 Å². The highest BCUT2D eigenvalue weighted by Gasteiger charge is 2.27. The zero-order valence-corrected chi connectivity index (χ0v) is 45.0. The highest BCUT2D eigenvalue weighted by molar-refractivity contribution is 6.27. The van der Waals surface area contributed by atoms with Gasteiger partial charge in [-0.2, -0.15) is 15.0 Å². The third-order valence-electron chi connectivity index (χ3n) is 17.7. The Bertz CT molecular complexity index is 5760. The summed E-state index contributed by atoms with van der Waals surface area (Å²) in [5.41, 5.74) is 16.2. The third kappa shape index (κ3) is 6.08. The lowest BCUT2D eigenvalue weighted by molar-refractivity contribution is 0.848. The predicted octanol–water partition coefficient (Wildman–Crippen LogP) is 18.5. The van der Waals surface area contributed by atoms with Crippen LogP contribution in [0.25, 0.3) is 166 Å². The minimum Gasteiger partial charge on any atom is -0.308 e. The molecule has 19 aromatic rings. The first-order valence-corrected chi connectivity index (χ1v) is 28.5. The van der Waals surface area contributed by atoms with Crippen LogP contribution in [-0.4, -0.2) is 42.4 Å². The van der Waals surface area contributed by atoms with Crippen LogP contribution in [0.1, 0.15) is 0 Å². The average molecular weight is 1070 g/mol. The van der Waals surface area contributed by atoms with Crippen LogP contribution in [0.5, 0.6) is 0 Å². The van der Waals surface area contributed by atoms with E-state index in [1.807, 2.05) is 0 Å². The molecule has 7 heterocycles. The van der Waals surface area contributed by atoms with Gasteiger partial charge in [-0.05, 0) is 84.9 Å². The van der Waals surface area contributed by atoms with Gasteiger partial charge in [0.15, 0.2) is 0 Å². The second-order valence-corrected chi connectivity index (χ2v) is 22.0. The van der Waals surface area contributed by atoms with Crippen LogP contribution in [0.2, 0.25) is 0 Å². The van der Waals surface area contributed by atoms with E-state index >= 15 is 0 Å². The maximum Gasteiger partial charge on any atom is 0.241 e. The second-order valence-electron chi connectivity index (χ2n) is 22.0. The lowest BCUT2D eigenvalue weighted by Crippen LogP contribution is -2.13. The summed E-state index contributed by atoms with van der Waals surface area (Å²) in [5, 5.41) is 13.9. The van der Waals surface area contributed by atoms with Crippen LogP contribution in [0.15, 0.2) is 273 Å². The molecule has 9 nitrogen and oxygen atoms in total. The van der Waals surface area contributed by atoms with E-state index < -0.39 is 0 Å². The van der Waals surface area contributed by atoms with Gasteiger partial charge in [-0.3, -0.25) is 13.7 Å². The van der Waals surface area contributed by atoms with Crippen LogP contribution in [0.4, 0.5) is 0 Å². The monoisotopic (exact) mass is 1070 g/mol. The highest BCUT2D eigenvalue weighted by Crippen LogP contribution is 2.45. The molecule has 19 rings (SSSR count). The second kappa shape index (κ2) is 17.0. The summed E-state index contributed by atoms with van der Waals surface area (Å²) in [6, 6.07) is 98.5. The first-order chi connectivity index (χ1) is 41.7. The zero-order chi connectivity index (χ0) is 54.7. The Labute approximate surface area is 478 Å². The molecule has 0 fully saturated rings. The Morgan fingerprint density at radius 3 is 0.869 bits per heavy atom. The Balaban J connectivity index is 0.902. The van der Waals surface area contributed by atoms with Crippen LogP contribution in [-0.2, 0) is 0 Å². The molecule has 0 N–H and O–H groups in total. The quantitative estimate of drug-likeness (QED) is 0.167. The van der Waals surface area contributed by atoms with E-state index in [0.717, 1.165) is 110 Å². The Hall–Kier alpha value is -11.6. The maximum absolute atomic E-state index is 5.62. The van der Waals surface area contributed by atoms with Crippen molar-refractivity contribution in [2.45, 2.75) is 0 Å². The van der Waals surface area contributed by atoms with Crippen molar-refractivity contribution in [2.24, 2.45) is 0 Å². The van der Waals surface area contributed by atoms with Crippen LogP contribution < -0.4 is 0 Å². The molecular weight excluding hydrogens is 1030 g/mol. The molecule has 0 unspecified atom stereocenters. The molecule has 9 heteroatoms. The maximum atomic E-state index is 5.62. The van der Waals surface area contributed by atoms with Gasteiger partial charge >= 0.3 is 0 Å². The first kappa shape index (κ1) is 45.2. The summed E-state index contributed by atoms with van der Waals surface area (Å²) in [6.07, 6.45) is 0. The number of rotatable bonds is 6. The fourth-order valence-corrected chi connectivity index (χ4v) is 14.3. The molecule has 0 aliphatic rings. The van der Waals surface area contributed by atoms with Gasteiger partial charge in [-0.25, -0.2) is 0 Å². The van der Waals surface area contributed by atoms with Gasteiger partial charge in [0.2, 0.25) is 17.8 Å². The number of fused-ring (bicyclic) bond motifs is 20. The van der Waals surface area contributed by atoms with Crippen LogP contribution >= 0.6 is 0 Å². The minimum atomic E-state index is 0.513. The molecule has 0 aliphatic heterocycles. The first-order valence-electron chi connectivity index (χ1n) is 28.5. The van der Waals surface area contributed by atoms with Crippen molar-refractivity contribution in [3.63, 3.8) is 0 Å². The molecule has 12 aromatic carbocycles. The Kier molecular flexibility index (Phi) is 9.15. The van der Waals surface area contributed by atoms with E-state index in [1.165, 1.54) is 38.0 Å². The third-order valence-corrected chi connectivity index (χ3v) is 17.7. The number of aromatic nitrogens is 9. The molecule has 84 heavy (non-hydrogen) atoms. The molecule has 0 radical (unpaired) electrons. The van der Waals surface area contributed by atoms with Gasteiger partial charge in [-0.1, -0.05) is 188 Å². The van der Waals surface area contributed by atoms with Crippen molar-refractivity contribution >= 4 is 131 Å². The van der Waals surface area contributed by atoms with Crippen molar-refractivity contribution in [2.75, 3.05) is 0 Å². The van der Waals surface area contributed by atoms with Crippen molar-refractivity contribution in [3.8, 4) is 34.9 Å². The summed E-state index contributed by atoms with van der Waals surface area (Å²) >= 11 is 0. The van der Waals surface area contributed by atoms with Gasteiger partial charge < -0.3 is 13.7 Å². The molecule has 0 aliphatic carbocycles. The summed E-state index contributed by atoms with van der Waals surface area (Å²) in [4.78, 5) is 16.8. The molecule has 0 atom stereocenters. The molecule has 0 bridgehead atoms. The van der Waals surface area contributed by atoms with E-state index in [0.29, 0.717) is 17.8 Å². The SMILES string of the molecule is c1ccc(-n2c3ccccc3c3ccc4c5ccccc5n(-c5cccc(-n6c7ccccc7c7ccc8c(c9ccccc9n8-c8nc(-n9c%10ccccc%10c%10ccccc%109)nc(-n9c%10ccccc%10c%10ccccc%109)n8)c76)c5)c4c32)cc1. The van der Waals surface area contributed by atoms with Gasteiger partial charge in [-0.15, -0.1) is 0 Å². The van der Waals surface area contributed by atoms with E-state index in [9.17, 15) is 0 Å². The fourth-order valence-electron chi connectivity index (χ4n) is 14.3. The van der Waals surface area contributed by atoms with E-state index in [1.54, 1.807) is 0 Å². The summed E-state index contributed by atoms with van der Waals surface area (Å²) in [5.74, 6) is 1.57. The summed E-state index contributed by atoms with van der Waals surface area (Å²) in [6.45, 7) is 0. The van der Waals surface area contributed by atoms with Gasteiger partial charge in [0.1, 0.15) is 0 Å². The largest absolute Gasteiger partial charge is 0.308 e. The van der Waals surface area contributed by atoms with Crippen LogP contribution in [0, 0.1) is 0 Å². The molecule has 7 aromatic heterocycles. The summed E-state index contributed by atoms with van der Waals surface area (Å²) in [7, 11) is 0. The molecule has 0 spiro atoms. The predicted molar refractivity (Wildman–Crippen MR) is 346 cm³/mol. The minimum absolute atomic E-state index is 0.513. The van der Waals surface area contributed by atoms with Gasteiger partial charge in [0.25, 0.3) is 0 Å². The molecular formula is C75H45N9. The molecule has 0 amide bonds. The van der Waals surface area contributed by atoms with Crippen molar-refractivity contribution in [3.05, 3.63) is 273 Å². The summed E-state index contributed by atoms with van der Waals surface area (Å²) < 4.78 is 14.1. The molecule has 0 saturated carbocycles. The van der Waals surface area contributed by atoms with E-state index in [4.69, 9.17) is 15.0 Å². The smallest absolute Gasteiger partial charge is 0.241 e. The topological polar surface area (TPSA) is 68.2 Å². The lowest BCUT2D eigenvalue weighted by atomic mass is 10.1. The van der Waals surface area contributed by atoms with Crippen molar-refractivity contribution < 1.29 is 0 Å². The molecule has 390 valence electrons. The van der Waals surface area contributed by atoms with E-state index in [-0.39, 0.29) is 0 Å². The Morgan fingerprint density at radius 2 is 0.452 bits per heavy atom.